The van der Waals surface area contributed by atoms with Gasteiger partial charge in [-0.1, -0.05) is 32.0 Å². The first-order chi connectivity index (χ1) is 8.59. The number of nitrogens with zero attached hydrogens (tertiary/aromatic N) is 2. The van der Waals surface area contributed by atoms with Gasteiger partial charge in [-0.15, -0.1) is 0 Å². The van der Waals surface area contributed by atoms with Crippen LogP contribution in [-0.2, 0) is 0 Å². The molecule has 0 spiro atoms. The van der Waals surface area contributed by atoms with Crippen LogP contribution in [0, 0.1) is 5.41 Å². The highest BCUT2D eigenvalue weighted by atomic mass is 16.3. The van der Waals surface area contributed by atoms with Gasteiger partial charge in [-0.3, -0.25) is 0 Å². The predicted octanol–water partition coefficient (Wildman–Crippen LogP) is 2.20. The first-order valence-electron chi connectivity index (χ1n) is 6.24. The number of rotatable bonds is 2. The Morgan fingerprint density at radius 1 is 1.33 bits per heavy atom. The number of aromatic nitrogens is 2. The van der Waals surface area contributed by atoms with E-state index in [-0.39, 0.29) is 17.6 Å². The fraction of sp³-hybridized carbons (Fsp3) is 0.429. The maximum atomic E-state index is 9.77. The Morgan fingerprint density at radius 2 is 2.11 bits per heavy atom. The van der Waals surface area contributed by atoms with Crippen LogP contribution in [0.5, 0.6) is 0 Å². The summed E-state index contributed by atoms with van der Waals surface area (Å²) in [6.07, 6.45) is 2.31. The molecule has 2 aromatic rings. The molecule has 2 N–H and O–H groups in total. The maximum absolute atomic E-state index is 9.77. The molecule has 2 unspecified atom stereocenters. The summed E-state index contributed by atoms with van der Waals surface area (Å²) in [6.45, 7) is 4.16. The van der Waals surface area contributed by atoms with Gasteiger partial charge < -0.3 is 10.4 Å². The van der Waals surface area contributed by atoms with Gasteiger partial charge in [0.25, 0.3) is 0 Å². The molecule has 0 radical (unpaired) electrons. The van der Waals surface area contributed by atoms with Crippen molar-refractivity contribution in [2.45, 2.75) is 32.4 Å². The number of fused-ring (bicyclic) bond motifs is 1. The van der Waals surface area contributed by atoms with Crippen LogP contribution < -0.4 is 5.32 Å². The normalized spacial score (nSPS) is 25.7. The van der Waals surface area contributed by atoms with E-state index in [0.717, 1.165) is 23.0 Å². The highest BCUT2D eigenvalue weighted by Gasteiger charge is 2.47. The largest absolute Gasteiger partial charge is 0.392 e. The van der Waals surface area contributed by atoms with Crippen molar-refractivity contribution in [2.24, 2.45) is 5.41 Å². The van der Waals surface area contributed by atoms with Crippen LogP contribution >= 0.6 is 0 Å². The lowest BCUT2D eigenvalue weighted by atomic mass is 9.64. The standard InChI is InChI=1S/C14H17N3O/c1-14(2)12(7-13(14)18)16-11-8-15-17-10-6-4-3-5-9(10)11/h3-6,8,12-13,18H,7H2,1-2H3,(H,16,17). The third-order valence-electron chi connectivity index (χ3n) is 4.09. The quantitative estimate of drug-likeness (QED) is 0.849. The Morgan fingerprint density at radius 3 is 2.83 bits per heavy atom. The summed E-state index contributed by atoms with van der Waals surface area (Å²) in [5.41, 5.74) is 1.79. The van der Waals surface area contributed by atoms with Crippen molar-refractivity contribution in [1.29, 1.82) is 0 Å². The molecule has 0 aliphatic heterocycles. The van der Waals surface area contributed by atoms with Crippen LogP contribution in [0.15, 0.2) is 30.5 Å². The molecule has 1 aromatic carbocycles. The van der Waals surface area contributed by atoms with Gasteiger partial charge >= 0.3 is 0 Å². The van der Waals surface area contributed by atoms with E-state index in [0.29, 0.717) is 0 Å². The average molecular weight is 243 g/mol. The van der Waals surface area contributed by atoms with Crippen LogP contribution in [0.25, 0.3) is 10.9 Å². The Labute approximate surface area is 106 Å². The maximum Gasteiger partial charge on any atom is 0.0950 e. The molecule has 0 bridgehead atoms. The minimum atomic E-state index is -0.226. The summed E-state index contributed by atoms with van der Waals surface area (Å²) in [4.78, 5) is 0. The van der Waals surface area contributed by atoms with E-state index in [4.69, 9.17) is 0 Å². The van der Waals surface area contributed by atoms with E-state index in [2.05, 4.69) is 29.4 Å². The van der Waals surface area contributed by atoms with E-state index in [9.17, 15) is 5.11 Å². The van der Waals surface area contributed by atoms with Gasteiger partial charge in [0.2, 0.25) is 0 Å². The van der Waals surface area contributed by atoms with Crippen molar-refractivity contribution in [3.63, 3.8) is 0 Å². The SMILES string of the molecule is CC1(C)C(O)CC1Nc1cnnc2ccccc12. The van der Waals surface area contributed by atoms with Crippen molar-refractivity contribution in [3.05, 3.63) is 30.5 Å². The molecule has 0 saturated heterocycles. The fourth-order valence-corrected chi connectivity index (χ4v) is 2.46. The van der Waals surface area contributed by atoms with E-state index in [1.165, 1.54) is 0 Å². The van der Waals surface area contributed by atoms with Gasteiger partial charge in [-0.2, -0.15) is 10.2 Å². The van der Waals surface area contributed by atoms with Gasteiger partial charge in [0.05, 0.1) is 23.5 Å². The van der Waals surface area contributed by atoms with Gasteiger partial charge in [0, 0.05) is 16.8 Å². The summed E-state index contributed by atoms with van der Waals surface area (Å²) >= 11 is 0. The Balaban J connectivity index is 1.92. The van der Waals surface area contributed by atoms with Crippen LogP contribution in [0.3, 0.4) is 0 Å². The second-order valence-corrected chi connectivity index (χ2v) is 5.55. The molecule has 1 fully saturated rings. The lowest BCUT2D eigenvalue weighted by Gasteiger charge is -2.49. The smallest absolute Gasteiger partial charge is 0.0950 e. The predicted molar refractivity (Wildman–Crippen MR) is 71.4 cm³/mol. The lowest BCUT2D eigenvalue weighted by molar-refractivity contribution is -0.0510. The molecule has 2 atom stereocenters. The summed E-state index contributed by atoms with van der Waals surface area (Å²) < 4.78 is 0. The van der Waals surface area contributed by atoms with Crippen molar-refractivity contribution in [1.82, 2.24) is 10.2 Å². The molecule has 1 heterocycles. The van der Waals surface area contributed by atoms with Crippen molar-refractivity contribution in [3.8, 4) is 0 Å². The molecule has 94 valence electrons. The zero-order chi connectivity index (χ0) is 12.8. The molecule has 4 heteroatoms. The second-order valence-electron chi connectivity index (χ2n) is 5.55. The molecular weight excluding hydrogens is 226 g/mol. The summed E-state index contributed by atoms with van der Waals surface area (Å²) in [5.74, 6) is 0. The minimum absolute atomic E-state index is 0.0929. The Bertz CT molecular complexity index is 577. The van der Waals surface area contributed by atoms with Gasteiger partial charge in [-0.05, 0) is 12.5 Å². The third kappa shape index (κ3) is 1.64. The monoisotopic (exact) mass is 243 g/mol. The summed E-state index contributed by atoms with van der Waals surface area (Å²) in [6, 6.07) is 8.22. The second kappa shape index (κ2) is 3.92. The van der Waals surface area contributed by atoms with Crippen molar-refractivity contribution >= 4 is 16.6 Å². The number of benzene rings is 1. The molecule has 1 aromatic heterocycles. The van der Waals surface area contributed by atoms with E-state index < -0.39 is 0 Å². The molecule has 1 saturated carbocycles. The van der Waals surface area contributed by atoms with Crippen LogP contribution in [-0.4, -0.2) is 27.4 Å². The number of anilines is 1. The first-order valence-corrected chi connectivity index (χ1v) is 6.24. The number of aliphatic hydroxyl groups excluding tert-OH is 1. The fourth-order valence-electron chi connectivity index (χ4n) is 2.46. The minimum Gasteiger partial charge on any atom is -0.392 e. The third-order valence-corrected chi connectivity index (χ3v) is 4.09. The molecule has 1 aliphatic rings. The van der Waals surface area contributed by atoms with E-state index >= 15 is 0 Å². The number of hydrogen-bond acceptors (Lipinski definition) is 4. The summed E-state index contributed by atoms with van der Waals surface area (Å²) in [7, 11) is 0. The van der Waals surface area contributed by atoms with Crippen LogP contribution in [0.2, 0.25) is 0 Å². The molecule has 3 rings (SSSR count). The highest BCUT2D eigenvalue weighted by Crippen LogP contribution is 2.42. The summed E-state index contributed by atoms with van der Waals surface area (Å²) in [5, 5.41) is 22.4. The van der Waals surface area contributed by atoms with E-state index in [1.807, 2.05) is 24.3 Å². The number of nitrogens with one attached hydrogen (secondary N) is 1. The Kier molecular flexibility index (Phi) is 2.48. The zero-order valence-corrected chi connectivity index (χ0v) is 10.6. The van der Waals surface area contributed by atoms with Crippen molar-refractivity contribution < 1.29 is 5.11 Å². The van der Waals surface area contributed by atoms with Crippen LogP contribution in [0.4, 0.5) is 5.69 Å². The zero-order valence-electron chi connectivity index (χ0n) is 10.6. The highest BCUT2D eigenvalue weighted by molar-refractivity contribution is 5.90. The molecule has 1 aliphatic carbocycles. The van der Waals surface area contributed by atoms with Gasteiger partial charge in [0.15, 0.2) is 0 Å². The van der Waals surface area contributed by atoms with Gasteiger partial charge in [-0.25, -0.2) is 0 Å². The van der Waals surface area contributed by atoms with E-state index in [1.54, 1.807) is 6.20 Å². The molecule has 4 nitrogen and oxygen atoms in total. The Hall–Kier alpha value is -1.68. The molecule has 0 amide bonds. The van der Waals surface area contributed by atoms with Crippen molar-refractivity contribution in [2.75, 3.05) is 5.32 Å². The first kappa shape index (κ1) is 11.4. The molecule has 18 heavy (non-hydrogen) atoms. The van der Waals surface area contributed by atoms with Crippen LogP contribution in [0.1, 0.15) is 20.3 Å². The molecular formula is C14H17N3O. The lowest BCUT2D eigenvalue weighted by Crippen LogP contribution is -2.56. The topological polar surface area (TPSA) is 58.0 Å². The number of aliphatic hydroxyl groups is 1. The van der Waals surface area contributed by atoms with Gasteiger partial charge in [0.1, 0.15) is 0 Å². The average Bonchev–Trinajstić information content (AvgIpc) is 2.39. The number of hydrogen-bond donors (Lipinski definition) is 2.